The van der Waals surface area contributed by atoms with Gasteiger partial charge in [0.15, 0.2) is 0 Å². The second kappa shape index (κ2) is 7.85. The van der Waals surface area contributed by atoms with Crippen LogP contribution < -0.4 is 0 Å². The highest BCUT2D eigenvalue weighted by molar-refractivity contribution is 5.66. The first-order chi connectivity index (χ1) is 7.85. The molecular formula is C14H22O3. The van der Waals surface area contributed by atoms with Gasteiger partial charge in [-0.2, -0.15) is 0 Å². The van der Waals surface area contributed by atoms with E-state index in [1.807, 2.05) is 51.1 Å². The van der Waals surface area contributed by atoms with Gasteiger partial charge < -0.3 is 10.2 Å². The molecule has 0 spiro atoms. The van der Waals surface area contributed by atoms with Crippen LogP contribution in [0.1, 0.15) is 39.2 Å². The molecule has 0 heterocycles. The summed E-state index contributed by atoms with van der Waals surface area (Å²) in [5, 5.41) is 17.4. The first kappa shape index (κ1) is 15.7. The van der Waals surface area contributed by atoms with Crippen LogP contribution in [0.25, 0.3) is 0 Å². The van der Waals surface area contributed by atoms with E-state index in [0.29, 0.717) is 12.8 Å². The first-order valence-electron chi connectivity index (χ1n) is 5.83. The summed E-state index contributed by atoms with van der Waals surface area (Å²) in [6.07, 6.45) is 1.74. The van der Waals surface area contributed by atoms with Crippen molar-refractivity contribution in [1.82, 2.24) is 0 Å². The number of hydrogen-bond acceptors (Lipinski definition) is 2. The maximum Gasteiger partial charge on any atom is 0.303 e. The van der Waals surface area contributed by atoms with E-state index >= 15 is 0 Å². The molecule has 0 saturated carbocycles. The van der Waals surface area contributed by atoms with Gasteiger partial charge in [-0.3, -0.25) is 4.79 Å². The molecule has 0 amide bonds. The van der Waals surface area contributed by atoms with Crippen LogP contribution in [0.5, 0.6) is 0 Å². The molecule has 1 rings (SSSR count). The van der Waals surface area contributed by atoms with Crippen LogP contribution in [0.3, 0.4) is 0 Å². The number of hydrogen-bond donors (Lipinski definition) is 2. The fourth-order valence-corrected chi connectivity index (χ4v) is 1.31. The zero-order valence-electron chi connectivity index (χ0n) is 10.8. The number of carboxylic acid groups (broad SMARTS) is 1. The normalized spacial score (nSPS) is 10.4. The van der Waals surface area contributed by atoms with E-state index in [1.165, 1.54) is 5.56 Å². The Morgan fingerprint density at radius 2 is 1.76 bits per heavy atom. The summed E-state index contributed by atoms with van der Waals surface area (Å²) >= 11 is 0. The summed E-state index contributed by atoms with van der Waals surface area (Å²) in [5.41, 5.74) is 0.585. The molecule has 0 bridgehead atoms. The van der Waals surface area contributed by atoms with Gasteiger partial charge in [-0.05, 0) is 25.8 Å². The lowest BCUT2D eigenvalue weighted by molar-refractivity contribution is -0.137. The maximum atomic E-state index is 9.60. The van der Waals surface area contributed by atoms with Crippen molar-refractivity contribution >= 4 is 5.97 Å². The van der Waals surface area contributed by atoms with Crippen molar-refractivity contribution in [2.45, 2.75) is 45.6 Å². The summed E-state index contributed by atoms with van der Waals surface area (Å²) in [6.45, 7) is 5.48. The molecule has 96 valence electrons. The molecule has 0 radical (unpaired) electrons. The van der Waals surface area contributed by atoms with Crippen molar-refractivity contribution in [3.8, 4) is 0 Å². The molecular weight excluding hydrogens is 216 g/mol. The fraction of sp³-hybridized carbons (Fsp3) is 0.500. The van der Waals surface area contributed by atoms with Gasteiger partial charge in [0.25, 0.3) is 0 Å². The number of aliphatic carboxylic acids is 1. The predicted molar refractivity (Wildman–Crippen MR) is 69.0 cm³/mol. The second-order valence-electron chi connectivity index (χ2n) is 4.62. The fourth-order valence-electron chi connectivity index (χ4n) is 1.31. The number of aliphatic hydroxyl groups is 1. The Morgan fingerprint density at radius 1 is 1.24 bits per heavy atom. The van der Waals surface area contributed by atoms with Crippen molar-refractivity contribution in [2.75, 3.05) is 0 Å². The van der Waals surface area contributed by atoms with Crippen LogP contribution in [-0.2, 0) is 11.2 Å². The van der Waals surface area contributed by atoms with Crippen molar-refractivity contribution < 1.29 is 15.0 Å². The molecule has 0 fully saturated rings. The van der Waals surface area contributed by atoms with E-state index in [1.54, 1.807) is 0 Å². The number of carbonyl (C=O) groups is 1. The van der Waals surface area contributed by atoms with Gasteiger partial charge in [-0.25, -0.2) is 0 Å². The van der Waals surface area contributed by atoms with Crippen molar-refractivity contribution in [3.63, 3.8) is 0 Å². The third-order valence-electron chi connectivity index (χ3n) is 1.94. The summed E-state index contributed by atoms with van der Waals surface area (Å²) in [7, 11) is 0. The highest BCUT2D eigenvalue weighted by Gasteiger charge is 2.12. The van der Waals surface area contributed by atoms with E-state index in [9.17, 15) is 9.90 Å². The van der Waals surface area contributed by atoms with Gasteiger partial charge in [0.1, 0.15) is 0 Å². The maximum absolute atomic E-state index is 9.60. The van der Waals surface area contributed by atoms with Gasteiger partial charge >= 0.3 is 5.97 Å². The molecule has 1 aromatic carbocycles. The van der Waals surface area contributed by atoms with Crippen LogP contribution in [-0.4, -0.2) is 21.8 Å². The van der Waals surface area contributed by atoms with E-state index in [-0.39, 0.29) is 0 Å². The van der Waals surface area contributed by atoms with Crippen LogP contribution in [0, 0.1) is 0 Å². The molecule has 17 heavy (non-hydrogen) atoms. The third-order valence-corrected chi connectivity index (χ3v) is 1.94. The topological polar surface area (TPSA) is 57.5 Å². The third kappa shape index (κ3) is 10.9. The zero-order valence-corrected chi connectivity index (χ0v) is 10.8. The molecule has 0 saturated heterocycles. The van der Waals surface area contributed by atoms with Crippen molar-refractivity contribution in [1.29, 1.82) is 0 Å². The largest absolute Gasteiger partial charge is 0.481 e. The lowest BCUT2D eigenvalue weighted by atomic mass is 9.99. The van der Waals surface area contributed by atoms with Crippen LogP contribution in [0.2, 0.25) is 0 Å². The molecule has 0 aliphatic rings. The number of carboxylic acids is 1. The second-order valence-corrected chi connectivity index (χ2v) is 4.62. The highest BCUT2D eigenvalue weighted by atomic mass is 16.4. The average molecular weight is 238 g/mol. The minimum atomic E-state index is -0.711. The number of rotatable bonds is 4. The Morgan fingerprint density at radius 3 is 2.06 bits per heavy atom. The minimum absolute atomic E-state index is 0.292. The molecule has 1 aromatic rings. The number of benzene rings is 1. The van der Waals surface area contributed by atoms with E-state index < -0.39 is 11.6 Å². The van der Waals surface area contributed by atoms with Gasteiger partial charge in [0.05, 0.1) is 5.60 Å². The summed E-state index contributed by atoms with van der Waals surface area (Å²) in [6, 6.07) is 10.0. The van der Waals surface area contributed by atoms with E-state index in [2.05, 4.69) is 0 Å². The Bertz CT molecular complexity index is 312. The van der Waals surface area contributed by atoms with E-state index in [4.69, 9.17) is 5.11 Å². The van der Waals surface area contributed by atoms with Gasteiger partial charge in [0, 0.05) is 12.8 Å². The standard InChI is InChI=1S/C10H14O.C4H8O2/c1-10(2,11)8-9-6-4-3-5-7-9;1-2-3-4(5)6/h3-7,11H,8H2,1-2H3;2-3H2,1H3,(H,5,6). The highest BCUT2D eigenvalue weighted by Crippen LogP contribution is 2.10. The first-order valence-corrected chi connectivity index (χ1v) is 5.83. The molecule has 0 aliphatic heterocycles. The molecule has 2 N–H and O–H groups in total. The molecule has 3 nitrogen and oxygen atoms in total. The van der Waals surface area contributed by atoms with Gasteiger partial charge in [-0.15, -0.1) is 0 Å². The predicted octanol–water partition coefficient (Wildman–Crippen LogP) is 2.87. The van der Waals surface area contributed by atoms with Gasteiger partial charge in [0.2, 0.25) is 0 Å². The smallest absolute Gasteiger partial charge is 0.303 e. The van der Waals surface area contributed by atoms with Crippen LogP contribution >= 0.6 is 0 Å². The Hall–Kier alpha value is -1.35. The molecule has 0 atom stereocenters. The van der Waals surface area contributed by atoms with Crippen LogP contribution in [0.4, 0.5) is 0 Å². The molecule has 0 unspecified atom stereocenters. The zero-order chi connectivity index (χ0) is 13.3. The monoisotopic (exact) mass is 238 g/mol. The van der Waals surface area contributed by atoms with Crippen molar-refractivity contribution in [2.24, 2.45) is 0 Å². The summed E-state index contributed by atoms with van der Waals surface area (Å²) < 4.78 is 0. The Balaban J connectivity index is 0.000000366. The lowest BCUT2D eigenvalue weighted by Gasteiger charge is -2.16. The average Bonchev–Trinajstić information content (AvgIpc) is 2.17. The minimum Gasteiger partial charge on any atom is -0.481 e. The lowest BCUT2D eigenvalue weighted by Crippen LogP contribution is -2.21. The Labute approximate surface area is 103 Å². The van der Waals surface area contributed by atoms with Gasteiger partial charge in [-0.1, -0.05) is 37.3 Å². The molecule has 0 aromatic heterocycles. The molecule has 3 heteroatoms. The Kier molecular flexibility index (Phi) is 7.22. The van der Waals surface area contributed by atoms with Crippen molar-refractivity contribution in [3.05, 3.63) is 35.9 Å². The quantitative estimate of drug-likeness (QED) is 0.848. The van der Waals surface area contributed by atoms with Crippen LogP contribution in [0.15, 0.2) is 30.3 Å². The summed E-state index contributed by atoms with van der Waals surface area (Å²) in [5.74, 6) is -0.711. The SMILES string of the molecule is CC(C)(O)Cc1ccccc1.CCCC(=O)O. The summed E-state index contributed by atoms with van der Waals surface area (Å²) in [4.78, 5) is 9.60. The molecule has 0 aliphatic carbocycles. The van der Waals surface area contributed by atoms with E-state index in [0.717, 1.165) is 6.42 Å².